The summed E-state index contributed by atoms with van der Waals surface area (Å²) in [5, 5.41) is 2.38. The van der Waals surface area contributed by atoms with Gasteiger partial charge in [-0.25, -0.2) is 26.5 Å². The Hall–Kier alpha value is -1.28. The van der Waals surface area contributed by atoms with Gasteiger partial charge in [0, 0.05) is 20.3 Å². The number of halogens is 2. The topological polar surface area (TPSA) is 62.3 Å². The number of nitrogens with zero attached hydrogens (tertiary/aromatic N) is 2. The molecule has 1 aromatic rings. The molecule has 0 aromatic carbocycles. The Labute approximate surface area is 98.5 Å². The Bertz CT molecular complexity index is 460. The second-order valence-electron chi connectivity index (χ2n) is 3.44. The minimum Gasteiger partial charge on any atom is -0.364 e. The van der Waals surface area contributed by atoms with Crippen molar-refractivity contribution < 1.29 is 17.2 Å². The maximum absolute atomic E-state index is 11.9. The summed E-state index contributed by atoms with van der Waals surface area (Å²) in [5.41, 5.74) is 0. The van der Waals surface area contributed by atoms with E-state index in [0.717, 1.165) is 10.5 Å². The molecule has 0 saturated carbocycles. The molecular weight excluding hydrogens is 252 g/mol. The van der Waals surface area contributed by atoms with Gasteiger partial charge in [-0.3, -0.25) is 0 Å². The van der Waals surface area contributed by atoms with Crippen LogP contribution in [-0.4, -0.2) is 44.8 Å². The average Bonchev–Trinajstić information content (AvgIpc) is 2.26. The zero-order valence-electron chi connectivity index (χ0n) is 9.39. The molecule has 0 amide bonds. The van der Waals surface area contributed by atoms with Crippen molar-refractivity contribution >= 4 is 15.8 Å². The summed E-state index contributed by atoms with van der Waals surface area (Å²) < 4.78 is 48.2. The number of pyridine rings is 1. The smallest absolute Gasteiger partial charge is 0.255 e. The van der Waals surface area contributed by atoms with E-state index in [1.165, 1.54) is 26.2 Å². The van der Waals surface area contributed by atoms with Crippen LogP contribution >= 0.6 is 0 Å². The fourth-order valence-corrected chi connectivity index (χ4v) is 1.88. The van der Waals surface area contributed by atoms with Crippen molar-refractivity contribution in [2.45, 2.75) is 11.3 Å². The van der Waals surface area contributed by atoms with Crippen LogP contribution in [0.5, 0.6) is 0 Å². The summed E-state index contributed by atoms with van der Waals surface area (Å²) in [4.78, 5) is 3.77. The standard InChI is InChI=1S/C9H13F2N3O2S/c1-14(2)17(15,16)7-3-4-9(12-5-7)13-6-8(10)11/h3-5,8H,6H2,1-2H3,(H,12,13). The maximum atomic E-state index is 11.9. The molecule has 0 aliphatic carbocycles. The Balaban J connectivity index is 2.82. The molecule has 0 fully saturated rings. The number of sulfonamides is 1. The SMILES string of the molecule is CN(C)S(=O)(=O)c1ccc(NCC(F)F)nc1. The van der Waals surface area contributed by atoms with Crippen LogP contribution in [0.4, 0.5) is 14.6 Å². The quantitative estimate of drug-likeness (QED) is 0.863. The van der Waals surface area contributed by atoms with Crippen LogP contribution in [0.15, 0.2) is 23.2 Å². The van der Waals surface area contributed by atoms with Gasteiger partial charge < -0.3 is 5.32 Å². The van der Waals surface area contributed by atoms with E-state index in [-0.39, 0.29) is 10.7 Å². The van der Waals surface area contributed by atoms with Crippen molar-refractivity contribution in [2.75, 3.05) is 26.0 Å². The summed E-state index contributed by atoms with van der Waals surface area (Å²) in [6.07, 6.45) is -1.36. The van der Waals surface area contributed by atoms with E-state index >= 15 is 0 Å². The molecule has 17 heavy (non-hydrogen) atoms. The molecule has 0 bridgehead atoms. The van der Waals surface area contributed by atoms with Crippen molar-refractivity contribution in [1.82, 2.24) is 9.29 Å². The van der Waals surface area contributed by atoms with Crippen LogP contribution in [0, 0.1) is 0 Å². The third kappa shape index (κ3) is 3.60. The van der Waals surface area contributed by atoms with Gasteiger partial charge in [-0.1, -0.05) is 0 Å². The molecule has 1 heterocycles. The molecule has 96 valence electrons. The molecular formula is C9H13F2N3O2S. The summed E-state index contributed by atoms with van der Waals surface area (Å²) in [5.74, 6) is 0.211. The monoisotopic (exact) mass is 265 g/mol. The van der Waals surface area contributed by atoms with Gasteiger partial charge in [0.05, 0.1) is 6.54 Å². The van der Waals surface area contributed by atoms with Crippen LogP contribution < -0.4 is 5.32 Å². The summed E-state index contributed by atoms with van der Waals surface area (Å²) in [6.45, 7) is -0.521. The van der Waals surface area contributed by atoms with E-state index < -0.39 is 23.0 Å². The fraction of sp³-hybridized carbons (Fsp3) is 0.444. The Morgan fingerprint density at radius 1 is 1.41 bits per heavy atom. The van der Waals surface area contributed by atoms with Crippen LogP contribution in [0.2, 0.25) is 0 Å². The van der Waals surface area contributed by atoms with Gasteiger partial charge >= 0.3 is 0 Å². The normalized spacial score (nSPS) is 12.1. The van der Waals surface area contributed by atoms with Crippen molar-refractivity contribution in [3.8, 4) is 0 Å². The molecule has 1 aromatic heterocycles. The summed E-state index contributed by atoms with van der Waals surface area (Å²) in [6, 6.07) is 2.66. The minimum atomic E-state index is -3.53. The van der Waals surface area contributed by atoms with Gasteiger partial charge in [0.25, 0.3) is 6.43 Å². The number of alkyl halides is 2. The van der Waals surface area contributed by atoms with Crippen molar-refractivity contribution in [2.24, 2.45) is 0 Å². The highest BCUT2D eigenvalue weighted by molar-refractivity contribution is 7.89. The average molecular weight is 265 g/mol. The predicted molar refractivity (Wildman–Crippen MR) is 59.6 cm³/mol. The van der Waals surface area contributed by atoms with Gasteiger partial charge in [0.1, 0.15) is 10.7 Å². The first-order valence-electron chi connectivity index (χ1n) is 4.74. The van der Waals surface area contributed by atoms with E-state index in [4.69, 9.17) is 0 Å². The molecule has 0 aliphatic heterocycles. The Morgan fingerprint density at radius 3 is 2.47 bits per heavy atom. The molecule has 0 unspecified atom stereocenters. The zero-order chi connectivity index (χ0) is 13.1. The largest absolute Gasteiger partial charge is 0.364 e. The third-order valence-corrected chi connectivity index (χ3v) is 3.75. The molecule has 8 heteroatoms. The van der Waals surface area contributed by atoms with Crippen LogP contribution in [-0.2, 0) is 10.0 Å². The number of aromatic nitrogens is 1. The second kappa shape index (κ2) is 5.37. The lowest BCUT2D eigenvalue weighted by Gasteiger charge is -2.11. The molecule has 0 radical (unpaired) electrons. The fourth-order valence-electron chi connectivity index (χ4n) is 1.03. The summed E-state index contributed by atoms with van der Waals surface area (Å²) >= 11 is 0. The highest BCUT2D eigenvalue weighted by Crippen LogP contribution is 2.13. The van der Waals surface area contributed by atoms with Crippen LogP contribution in [0.25, 0.3) is 0 Å². The lowest BCUT2D eigenvalue weighted by molar-refractivity contribution is 0.163. The highest BCUT2D eigenvalue weighted by atomic mass is 32.2. The van der Waals surface area contributed by atoms with Gasteiger partial charge in [-0.15, -0.1) is 0 Å². The van der Waals surface area contributed by atoms with Gasteiger partial charge in [0.2, 0.25) is 10.0 Å². The van der Waals surface area contributed by atoms with E-state index in [1.54, 1.807) is 0 Å². The van der Waals surface area contributed by atoms with E-state index in [1.807, 2.05) is 0 Å². The first kappa shape index (κ1) is 13.8. The molecule has 1 N–H and O–H groups in total. The van der Waals surface area contributed by atoms with Crippen molar-refractivity contribution in [3.63, 3.8) is 0 Å². The van der Waals surface area contributed by atoms with Gasteiger partial charge in [-0.2, -0.15) is 0 Å². The second-order valence-corrected chi connectivity index (χ2v) is 5.59. The summed E-state index contributed by atoms with van der Waals surface area (Å²) in [7, 11) is -0.728. The number of hydrogen-bond acceptors (Lipinski definition) is 4. The molecule has 0 saturated heterocycles. The van der Waals surface area contributed by atoms with Crippen molar-refractivity contribution in [1.29, 1.82) is 0 Å². The van der Waals surface area contributed by atoms with E-state index in [9.17, 15) is 17.2 Å². The van der Waals surface area contributed by atoms with Crippen molar-refractivity contribution in [3.05, 3.63) is 18.3 Å². The van der Waals surface area contributed by atoms with Crippen LogP contribution in [0.3, 0.4) is 0 Å². The zero-order valence-corrected chi connectivity index (χ0v) is 10.2. The highest BCUT2D eigenvalue weighted by Gasteiger charge is 2.17. The molecule has 1 rings (SSSR count). The third-order valence-electron chi connectivity index (χ3n) is 1.95. The first-order chi connectivity index (χ1) is 7.84. The number of rotatable bonds is 5. The van der Waals surface area contributed by atoms with E-state index in [0.29, 0.717) is 0 Å². The van der Waals surface area contributed by atoms with Gasteiger partial charge in [0.15, 0.2) is 0 Å². The maximum Gasteiger partial charge on any atom is 0.255 e. The molecule has 0 aliphatic rings. The minimum absolute atomic E-state index is 0.0186. The van der Waals surface area contributed by atoms with Gasteiger partial charge in [-0.05, 0) is 12.1 Å². The van der Waals surface area contributed by atoms with Crippen LogP contribution in [0.1, 0.15) is 0 Å². The molecule has 0 spiro atoms. The Morgan fingerprint density at radius 2 is 2.06 bits per heavy atom. The first-order valence-corrected chi connectivity index (χ1v) is 6.18. The number of anilines is 1. The lowest BCUT2D eigenvalue weighted by atomic mass is 10.4. The predicted octanol–water partition coefficient (Wildman–Crippen LogP) is 1.01. The number of nitrogens with one attached hydrogen (secondary N) is 1. The number of hydrogen-bond donors (Lipinski definition) is 1. The molecule has 5 nitrogen and oxygen atoms in total. The van der Waals surface area contributed by atoms with E-state index in [2.05, 4.69) is 10.3 Å². The lowest BCUT2D eigenvalue weighted by Crippen LogP contribution is -2.22. The Kier molecular flexibility index (Phi) is 4.35. The molecule has 0 atom stereocenters.